The van der Waals surface area contributed by atoms with Gasteiger partial charge in [0.15, 0.2) is 5.78 Å². The lowest BCUT2D eigenvalue weighted by molar-refractivity contribution is -0.114. The Morgan fingerprint density at radius 3 is 2.76 bits per heavy atom. The molecule has 2 amide bonds. The fourth-order valence-corrected chi connectivity index (χ4v) is 2.75. The molecule has 1 aromatic rings. The molecule has 0 aromatic carbocycles. The molecule has 17 heavy (non-hydrogen) atoms. The van der Waals surface area contributed by atoms with Gasteiger partial charge in [0.2, 0.25) is 0 Å². The SMILES string of the molecule is CC(=O)C1=C(C)N(C)C(=O)N[C@H]1c1cccs1. The van der Waals surface area contributed by atoms with Crippen LogP contribution in [0.2, 0.25) is 0 Å². The molecule has 4 nitrogen and oxygen atoms in total. The van der Waals surface area contributed by atoms with Crippen LogP contribution in [0.25, 0.3) is 0 Å². The van der Waals surface area contributed by atoms with E-state index in [-0.39, 0.29) is 17.9 Å². The first-order chi connectivity index (χ1) is 8.02. The van der Waals surface area contributed by atoms with E-state index >= 15 is 0 Å². The maximum absolute atomic E-state index is 11.8. The minimum Gasteiger partial charge on any atom is -0.326 e. The fraction of sp³-hybridized carbons (Fsp3) is 0.333. The summed E-state index contributed by atoms with van der Waals surface area (Å²) in [5.74, 6) is -0.00671. The largest absolute Gasteiger partial charge is 0.326 e. The molecule has 2 heterocycles. The predicted molar refractivity (Wildman–Crippen MR) is 66.7 cm³/mol. The van der Waals surface area contributed by atoms with Crippen molar-refractivity contribution in [2.45, 2.75) is 19.9 Å². The van der Waals surface area contributed by atoms with Crippen molar-refractivity contribution in [1.29, 1.82) is 0 Å². The smallest absolute Gasteiger partial charge is 0.322 e. The van der Waals surface area contributed by atoms with Gasteiger partial charge < -0.3 is 10.2 Å². The molecule has 0 fully saturated rings. The van der Waals surface area contributed by atoms with Crippen LogP contribution in [0.3, 0.4) is 0 Å². The summed E-state index contributed by atoms with van der Waals surface area (Å²) in [7, 11) is 1.66. The second kappa shape index (κ2) is 4.33. The van der Waals surface area contributed by atoms with Crippen LogP contribution in [0, 0.1) is 0 Å². The minimum absolute atomic E-state index is 0.00671. The highest BCUT2D eigenvalue weighted by atomic mass is 32.1. The number of nitrogens with one attached hydrogen (secondary N) is 1. The summed E-state index contributed by atoms with van der Waals surface area (Å²) in [5, 5.41) is 4.79. The maximum atomic E-state index is 11.8. The Balaban J connectivity index is 2.51. The van der Waals surface area contributed by atoms with Gasteiger partial charge in [-0.05, 0) is 25.3 Å². The lowest BCUT2D eigenvalue weighted by atomic mass is 9.97. The Bertz CT molecular complexity index is 491. The van der Waals surface area contributed by atoms with Crippen LogP contribution in [0.5, 0.6) is 0 Å². The van der Waals surface area contributed by atoms with E-state index in [0.717, 1.165) is 10.6 Å². The monoisotopic (exact) mass is 250 g/mol. The number of Topliss-reactive ketones (excluding diaryl/α,β-unsaturated/α-hetero) is 1. The molecule has 0 saturated heterocycles. The predicted octanol–water partition coefficient (Wildman–Crippen LogP) is 2.31. The van der Waals surface area contributed by atoms with Gasteiger partial charge in [-0.25, -0.2) is 4.79 Å². The van der Waals surface area contributed by atoms with Crippen molar-refractivity contribution in [2.75, 3.05) is 7.05 Å². The van der Waals surface area contributed by atoms with Crippen LogP contribution in [-0.4, -0.2) is 23.8 Å². The van der Waals surface area contributed by atoms with E-state index in [2.05, 4.69) is 5.32 Å². The van der Waals surface area contributed by atoms with Crippen molar-refractivity contribution in [3.8, 4) is 0 Å². The molecule has 2 rings (SSSR count). The van der Waals surface area contributed by atoms with Gasteiger partial charge in [0, 0.05) is 23.2 Å². The van der Waals surface area contributed by atoms with Crippen molar-refractivity contribution in [3.05, 3.63) is 33.7 Å². The Morgan fingerprint density at radius 1 is 1.53 bits per heavy atom. The van der Waals surface area contributed by atoms with Gasteiger partial charge in [-0.15, -0.1) is 11.3 Å². The summed E-state index contributed by atoms with van der Waals surface area (Å²) >= 11 is 1.54. The van der Waals surface area contributed by atoms with Crippen molar-refractivity contribution < 1.29 is 9.59 Å². The van der Waals surface area contributed by atoms with Crippen molar-refractivity contribution in [3.63, 3.8) is 0 Å². The molecule has 1 aromatic heterocycles. The average Bonchev–Trinajstić information content (AvgIpc) is 2.77. The summed E-state index contributed by atoms with van der Waals surface area (Å²) in [6.07, 6.45) is 0. The number of nitrogens with zero attached hydrogens (tertiary/aromatic N) is 1. The number of allylic oxidation sites excluding steroid dienone is 1. The maximum Gasteiger partial charge on any atom is 0.322 e. The third-order valence-electron chi connectivity index (χ3n) is 2.96. The first-order valence-corrected chi connectivity index (χ1v) is 6.19. The summed E-state index contributed by atoms with van der Waals surface area (Å²) in [6.45, 7) is 3.33. The molecule has 0 aliphatic carbocycles. The molecule has 1 atom stereocenters. The van der Waals surface area contributed by atoms with Gasteiger partial charge in [-0.3, -0.25) is 4.79 Å². The van der Waals surface area contributed by atoms with Crippen LogP contribution in [0.4, 0.5) is 4.79 Å². The van der Waals surface area contributed by atoms with E-state index in [4.69, 9.17) is 0 Å². The van der Waals surface area contributed by atoms with Crippen molar-refractivity contribution in [2.24, 2.45) is 0 Å². The highest BCUT2D eigenvalue weighted by Crippen LogP contribution is 2.32. The number of hydrogen-bond donors (Lipinski definition) is 1. The second-order valence-corrected chi connectivity index (χ2v) is 4.99. The number of rotatable bonds is 2. The first kappa shape index (κ1) is 11.9. The molecule has 0 radical (unpaired) electrons. The number of urea groups is 1. The Kier molecular flexibility index (Phi) is 3.02. The van der Waals surface area contributed by atoms with E-state index in [0.29, 0.717) is 5.57 Å². The number of amides is 2. The Hall–Kier alpha value is -1.62. The number of ketones is 1. The number of hydrogen-bond acceptors (Lipinski definition) is 3. The molecule has 5 heteroatoms. The zero-order chi connectivity index (χ0) is 12.6. The summed E-state index contributed by atoms with van der Waals surface area (Å²) < 4.78 is 0. The Morgan fingerprint density at radius 2 is 2.24 bits per heavy atom. The third kappa shape index (κ3) is 1.98. The van der Waals surface area contributed by atoms with Crippen molar-refractivity contribution >= 4 is 23.2 Å². The third-order valence-corrected chi connectivity index (χ3v) is 3.90. The van der Waals surface area contributed by atoms with Crippen LogP contribution in [0.1, 0.15) is 24.8 Å². The molecule has 1 aliphatic rings. The van der Waals surface area contributed by atoms with E-state index in [1.54, 1.807) is 14.0 Å². The Labute approximate surface area is 104 Å². The van der Waals surface area contributed by atoms with Crippen LogP contribution in [-0.2, 0) is 4.79 Å². The van der Waals surface area contributed by atoms with Crippen LogP contribution >= 0.6 is 11.3 Å². The van der Waals surface area contributed by atoms with E-state index in [1.807, 2.05) is 17.5 Å². The van der Waals surface area contributed by atoms with E-state index < -0.39 is 0 Å². The zero-order valence-corrected chi connectivity index (χ0v) is 10.8. The van der Waals surface area contributed by atoms with Gasteiger partial charge in [-0.1, -0.05) is 6.07 Å². The zero-order valence-electron chi connectivity index (χ0n) is 9.98. The van der Waals surface area contributed by atoms with Gasteiger partial charge >= 0.3 is 6.03 Å². The van der Waals surface area contributed by atoms with Crippen LogP contribution in [0.15, 0.2) is 28.8 Å². The topological polar surface area (TPSA) is 49.4 Å². The molecule has 1 N–H and O–H groups in total. The highest BCUT2D eigenvalue weighted by Gasteiger charge is 2.32. The summed E-state index contributed by atoms with van der Waals surface area (Å²) in [4.78, 5) is 25.9. The van der Waals surface area contributed by atoms with Crippen LogP contribution < -0.4 is 5.32 Å². The number of carbonyl (C=O) groups excluding carboxylic acids is 2. The number of thiophene rings is 1. The van der Waals surface area contributed by atoms with Gasteiger partial charge in [0.1, 0.15) is 0 Å². The van der Waals surface area contributed by atoms with Crippen molar-refractivity contribution in [1.82, 2.24) is 10.2 Å². The molecule has 0 saturated carbocycles. The summed E-state index contributed by atoms with van der Waals surface area (Å²) in [5.41, 5.74) is 1.38. The van der Waals surface area contributed by atoms with E-state index in [9.17, 15) is 9.59 Å². The molecule has 1 aliphatic heterocycles. The second-order valence-electron chi connectivity index (χ2n) is 4.01. The normalized spacial score (nSPS) is 20.5. The van der Waals surface area contributed by atoms with E-state index in [1.165, 1.54) is 23.2 Å². The first-order valence-electron chi connectivity index (χ1n) is 5.31. The van der Waals surface area contributed by atoms with Gasteiger partial charge in [0.05, 0.1) is 6.04 Å². The van der Waals surface area contributed by atoms with Gasteiger partial charge in [0.25, 0.3) is 0 Å². The minimum atomic E-state index is -0.309. The summed E-state index contributed by atoms with van der Waals surface area (Å²) in [6, 6.07) is 3.36. The molecular weight excluding hydrogens is 236 g/mol. The fourth-order valence-electron chi connectivity index (χ4n) is 1.96. The average molecular weight is 250 g/mol. The quantitative estimate of drug-likeness (QED) is 0.875. The molecular formula is C12H14N2O2S. The standard InChI is InChI=1S/C12H14N2O2S/c1-7-10(8(2)15)11(9-5-4-6-17-9)13-12(16)14(7)3/h4-6,11H,1-3H3,(H,13,16)/t11-/m0/s1. The molecule has 0 spiro atoms. The number of carbonyl (C=O) groups is 2. The molecule has 0 unspecified atom stereocenters. The van der Waals surface area contributed by atoms with Gasteiger partial charge in [-0.2, -0.15) is 0 Å². The molecule has 90 valence electrons. The lowest BCUT2D eigenvalue weighted by Crippen LogP contribution is -2.45. The highest BCUT2D eigenvalue weighted by molar-refractivity contribution is 7.10. The molecule has 0 bridgehead atoms. The lowest BCUT2D eigenvalue weighted by Gasteiger charge is -2.32.